The lowest BCUT2D eigenvalue weighted by Gasteiger charge is -2.39. The average molecular weight is 723 g/mol. The summed E-state index contributed by atoms with van der Waals surface area (Å²) in [6.45, 7) is 13.5. The topological polar surface area (TPSA) is 148 Å². The lowest BCUT2D eigenvalue weighted by Crippen LogP contribution is -2.46. The Bertz CT molecular complexity index is 1710. The molecule has 0 bridgehead atoms. The van der Waals surface area contributed by atoms with E-state index < -0.39 is 32.4 Å². The van der Waals surface area contributed by atoms with Crippen molar-refractivity contribution in [2.75, 3.05) is 25.1 Å². The fourth-order valence-corrected chi connectivity index (χ4v) is 6.81. The summed E-state index contributed by atoms with van der Waals surface area (Å²) in [6, 6.07) is 14.7. The van der Waals surface area contributed by atoms with Gasteiger partial charge in [0, 0.05) is 12.8 Å². The van der Waals surface area contributed by atoms with E-state index in [0.717, 1.165) is 24.8 Å². The van der Waals surface area contributed by atoms with Gasteiger partial charge in [0.1, 0.15) is 43.6 Å². The number of unbranched alkanes of at least 4 members (excludes halogenated alkanes) is 2. The smallest absolute Gasteiger partial charge is 0.407 e. The highest BCUT2D eigenvalue weighted by molar-refractivity contribution is 6.74. The van der Waals surface area contributed by atoms with Gasteiger partial charge in [0.05, 0.1) is 18.8 Å². The number of hydrogen-bond donors (Lipinski definition) is 2. The van der Waals surface area contributed by atoms with Crippen molar-refractivity contribution < 1.29 is 37.7 Å². The summed E-state index contributed by atoms with van der Waals surface area (Å²) < 4.78 is 37.5. The number of anilines is 2. The number of nitrogens with one attached hydrogen (secondary N) is 2. The van der Waals surface area contributed by atoms with Gasteiger partial charge in [0.15, 0.2) is 25.6 Å². The summed E-state index contributed by atoms with van der Waals surface area (Å²) >= 11 is 0. The van der Waals surface area contributed by atoms with Gasteiger partial charge in [0.2, 0.25) is 0 Å². The summed E-state index contributed by atoms with van der Waals surface area (Å²) in [4.78, 5) is 42.3. The Labute approximate surface area is 300 Å². The van der Waals surface area contributed by atoms with Crippen molar-refractivity contribution in [2.45, 2.75) is 103 Å². The molecule has 1 amide bonds. The predicted octanol–water partition coefficient (Wildman–Crippen LogP) is 7.20. The normalized spacial score (nSPS) is 18.1. The Morgan fingerprint density at radius 1 is 1.06 bits per heavy atom. The molecule has 3 aromatic rings. The molecule has 0 radical (unpaired) electrons. The van der Waals surface area contributed by atoms with E-state index in [1.165, 1.54) is 4.57 Å². The fraction of sp³-hybridized carbons (Fsp3) is 0.514. The van der Waals surface area contributed by atoms with Crippen LogP contribution in [0.5, 0.6) is 17.2 Å². The van der Waals surface area contributed by atoms with E-state index in [0.29, 0.717) is 35.8 Å². The number of nitrogens with zero attached hydrogens (tertiary/aromatic N) is 2. The molecule has 14 heteroatoms. The van der Waals surface area contributed by atoms with Gasteiger partial charge in [-0.2, -0.15) is 4.98 Å². The van der Waals surface area contributed by atoms with E-state index in [-0.39, 0.29) is 49.3 Å². The molecule has 1 aromatic heterocycles. The first-order valence-corrected chi connectivity index (χ1v) is 20.5. The summed E-state index contributed by atoms with van der Waals surface area (Å²) in [5.41, 5.74) is 0.849. The number of carbonyl (C=O) groups excluding carboxylic acids is 2. The maximum atomic E-state index is 13.4. The van der Waals surface area contributed by atoms with Gasteiger partial charge in [-0.15, -0.1) is 0 Å². The monoisotopic (exact) mass is 722 g/mol. The zero-order valence-corrected chi connectivity index (χ0v) is 31.4. The molecular formula is C37H50N4O9Si. The Kier molecular flexibility index (Phi) is 12.4. The second kappa shape index (κ2) is 16.7. The van der Waals surface area contributed by atoms with Crippen molar-refractivity contribution in [1.29, 1.82) is 0 Å². The number of esters is 1. The van der Waals surface area contributed by atoms with Crippen LogP contribution in [0, 0.1) is 0 Å². The molecule has 2 aliphatic heterocycles. The second-order valence-corrected chi connectivity index (χ2v) is 19.0. The third-order valence-corrected chi connectivity index (χ3v) is 13.9. The van der Waals surface area contributed by atoms with Crippen molar-refractivity contribution in [3.8, 4) is 17.2 Å². The molecule has 0 unspecified atom stereocenters. The number of rotatable bonds is 15. The van der Waals surface area contributed by atoms with Gasteiger partial charge < -0.3 is 38.7 Å². The Balaban J connectivity index is 1.22. The van der Waals surface area contributed by atoms with E-state index in [9.17, 15) is 14.4 Å². The van der Waals surface area contributed by atoms with Gasteiger partial charge in [-0.25, -0.2) is 9.59 Å². The number of aromatic nitrogens is 2. The molecule has 1 saturated heterocycles. The van der Waals surface area contributed by atoms with Crippen molar-refractivity contribution in [2.24, 2.45) is 0 Å². The Morgan fingerprint density at radius 2 is 1.84 bits per heavy atom. The van der Waals surface area contributed by atoms with Crippen molar-refractivity contribution in [3.63, 3.8) is 0 Å². The minimum Gasteiger partial charge on any atom is -0.489 e. The number of ether oxygens (including phenoxy) is 5. The lowest BCUT2D eigenvalue weighted by atomic mass is 10.2. The molecule has 1 fully saturated rings. The van der Waals surface area contributed by atoms with Crippen molar-refractivity contribution in [1.82, 2.24) is 14.9 Å². The maximum absolute atomic E-state index is 13.4. The quantitative estimate of drug-likeness (QED) is 0.0729. The van der Waals surface area contributed by atoms with Crippen LogP contribution in [0.2, 0.25) is 18.1 Å². The van der Waals surface area contributed by atoms with Crippen LogP contribution < -0.4 is 25.8 Å². The minimum atomic E-state index is -2.24. The number of benzene rings is 2. The lowest BCUT2D eigenvalue weighted by molar-refractivity contribution is -0.150. The highest BCUT2D eigenvalue weighted by Gasteiger charge is 2.46. The maximum Gasteiger partial charge on any atom is 0.407 e. The van der Waals surface area contributed by atoms with Crippen molar-refractivity contribution >= 4 is 31.9 Å². The first-order valence-electron chi connectivity index (χ1n) is 17.6. The molecule has 0 spiro atoms. The molecular weight excluding hydrogens is 673 g/mol. The summed E-state index contributed by atoms with van der Waals surface area (Å²) in [5.74, 6) is 1.22. The van der Waals surface area contributed by atoms with Crippen LogP contribution in [-0.4, -0.2) is 61.9 Å². The number of alkyl carbamates (subject to hydrolysis) is 1. The largest absolute Gasteiger partial charge is 0.489 e. The number of hydrogen-bond acceptors (Lipinski definition) is 11. The SMILES string of the molecule is CCCCCC(=O)OC[C@H]1O[C@@H](n2cc3c(nc2=O)Nc2c(OCCNC(=O)OCc4ccccc4)cccc2O3)C[C@H]1O[Si](C)(C)C(C)(C)C. The van der Waals surface area contributed by atoms with Gasteiger partial charge in [-0.1, -0.05) is 76.9 Å². The van der Waals surface area contributed by atoms with Crippen LogP contribution in [-0.2, 0) is 30.0 Å². The van der Waals surface area contributed by atoms with Gasteiger partial charge in [0.25, 0.3) is 0 Å². The Morgan fingerprint density at radius 3 is 2.59 bits per heavy atom. The third kappa shape index (κ3) is 9.89. The molecule has 0 aliphatic carbocycles. The zero-order valence-electron chi connectivity index (χ0n) is 30.4. The fourth-order valence-electron chi connectivity index (χ4n) is 5.45. The van der Waals surface area contributed by atoms with Gasteiger partial charge in [-0.3, -0.25) is 9.36 Å². The molecule has 3 atom stereocenters. The third-order valence-electron chi connectivity index (χ3n) is 9.35. The van der Waals surface area contributed by atoms with Crippen LogP contribution in [0.1, 0.15) is 71.6 Å². The number of carbonyl (C=O) groups is 2. The molecule has 13 nitrogen and oxygen atoms in total. The Hall–Kier alpha value is -4.40. The van der Waals surface area contributed by atoms with E-state index in [1.807, 2.05) is 30.3 Å². The van der Waals surface area contributed by atoms with Crippen LogP contribution in [0.25, 0.3) is 0 Å². The van der Waals surface area contributed by atoms with Crippen molar-refractivity contribution in [3.05, 3.63) is 70.8 Å². The van der Waals surface area contributed by atoms with Gasteiger partial charge in [-0.05, 0) is 42.2 Å². The molecule has 0 saturated carbocycles. The van der Waals surface area contributed by atoms with E-state index in [1.54, 1.807) is 24.4 Å². The van der Waals surface area contributed by atoms with E-state index in [4.69, 9.17) is 28.1 Å². The summed E-state index contributed by atoms with van der Waals surface area (Å²) in [7, 11) is -2.24. The number of fused-ring (bicyclic) bond motifs is 2. The van der Waals surface area contributed by atoms with E-state index >= 15 is 0 Å². The number of amides is 1. The minimum absolute atomic E-state index is 0.0342. The summed E-state index contributed by atoms with van der Waals surface area (Å²) in [5, 5.41) is 5.78. The predicted molar refractivity (Wildman–Crippen MR) is 194 cm³/mol. The average Bonchev–Trinajstić information content (AvgIpc) is 3.48. The molecule has 51 heavy (non-hydrogen) atoms. The molecule has 5 rings (SSSR count). The molecule has 276 valence electrons. The van der Waals surface area contributed by atoms with Crippen LogP contribution >= 0.6 is 0 Å². The zero-order chi connectivity index (χ0) is 36.6. The first-order chi connectivity index (χ1) is 24.3. The highest BCUT2D eigenvalue weighted by Crippen LogP contribution is 2.46. The van der Waals surface area contributed by atoms with Crippen LogP contribution in [0.4, 0.5) is 16.3 Å². The standard InChI is InChI=1S/C37H50N4O9Si/c1-7-8-10-18-32(42)46-24-30-28(50-51(5,6)37(2,3)4)21-31(49-30)41-22-29-34(40-35(41)43)39-33-26(16-13-17-27(33)48-29)45-20-19-38-36(44)47-23-25-14-11-9-12-15-25/h9,11-17,22,28,30-31H,7-8,10,18-21,23-24H2,1-6H3,(H,38,44)(H,39,40,43)/t28-,30-,31-/m1/s1. The second-order valence-electron chi connectivity index (χ2n) is 14.3. The molecule has 2 aromatic carbocycles. The molecule has 2 aliphatic rings. The molecule has 2 N–H and O–H groups in total. The van der Waals surface area contributed by atoms with E-state index in [2.05, 4.69) is 56.4 Å². The van der Waals surface area contributed by atoms with Crippen LogP contribution in [0.3, 0.4) is 0 Å². The number of para-hydroxylation sites is 1. The molecule has 3 heterocycles. The summed E-state index contributed by atoms with van der Waals surface area (Å²) in [6.07, 6.45) is 2.86. The van der Waals surface area contributed by atoms with Crippen LogP contribution in [0.15, 0.2) is 59.5 Å². The highest BCUT2D eigenvalue weighted by atomic mass is 28.4. The first kappa shape index (κ1) is 37.8. The van der Waals surface area contributed by atoms with Gasteiger partial charge >= 0.3 is 17.8 Å².